The number of hydrogen-bond acceptors (Lipinski definition) is 4. The number of likely N-dealkylation sites (tertiary alicyclic amines) is 1. The van der Waals surface area contributed by atoms with Crippen LogP contribution in [0.1, 0.15) is 18.4 Å². The lowest BCUT2D eigenvalue weighted by molar-refractivity contribution is 0.0968. The molecule has 0 saturated carbocycles. The maximum absolute atomic E-state index is 9.05. The van der Waals surface area contributed by atoms with Crippen LogP contribution in [0.3, 0.4) is 0 Å². The van der Waals surface area contributed by atoms with Crippen LogP contribution < -0.4 is 5.46 Å². The second kappa shape index (κ2) is 7.05. The summed E-state index contributed by atoms with van der Waals surface area (Å²) in [6.07, 6.45) is 2.39. The molecule has 1 saturated heterocycles. The monoisotopic (exact) mass is 263 g/mol. The van der Waals surface area contributed by atoms with Gasteiger partial charge in [0.05, 0.1) is 0 Å². The van der Waals surface area contributed by atoms with E-state index in [1.165, 1.54) is 18.4 Å². The van der Waals surface area contributed by atoms with Crippen LogP contribution in [0.25, 0.3) is 0 Å². The number of nitrogens with zero attached hydrogens (tertiary/aromatic N) is 1. The molecule has 2 rings (SSSR count). The Morgan fingerprint density at radius 1 is 1.21 bits per heavy atom. The van der Waals surface area contributed by atoms with Crippen LogP contribution >= 0.6 is 0 Å². The third kappa shape index (κ3) is 4.32. The standard InChI is InChI=1S/C14H22BNO3/c1-19-11-13-6-8-16(9-7-13)10-12-2-4-14(5-3-12)15(17)18/h2-5,13,17-18H,6-11H2,1H3. The highest BCUT2D eigenvalue weighted by atomic mass is 16.5. The maximum Gasteiger partial charge on any atom is 0.488 e. The van der Waals surface area contributed by atoms with Gasteiger partial charge in [0.15, 0.2) is 0 Å². The molecule has 0 aromatic heterocycles. The van der Waals surface area contributed by atoms with Crippen LogP contribution in [0.2, 0.25) is 0 Å². The number of rotatable bonds is 5. The smallest absolute Gasteiger partial charge is 0.423 e. The van der Waals surface area contributed by atoms with Crippen molar-refractivity contribution in [1.29, 1.82) is 0 Å². The number of piperidine rings is 1. The molecule has 1 aliphatic rings. The first-order chi connectivity index (χ1) is 9.19. The Morgan fingerprint density at radius 2 is 1.84 bits per heavy atom. The highest BCUT2D eigenvalue weighted by molar-refractivity contribution is 6.58. The maximum atomic E-state index is 9.05. The molecule has 4 nitrogen and oxygen atoms in total. The van der Waals surface area contributed by atoms with Crippen molar-refractivity contribution in [2.75, 3.05) is 26.8 Å². The first-order valence-corrected chi connectivity index (χ1v) is 6.85. The molecule has 19 heavy (non-hydrogen) atoms. The van der Waals surface area contributed by atoms with Gasteiger partial charge in [0.2, 0.25) is 0 Å². The van der Waals surface area contributed by atoms with Gasteiger partial charge >= 0.3 is 7.12 Å². The van der Waals surface area contributed by atoms with Crippen molar-refractivity contribution in [1.82, 2.24) is 4.90 Å². The molecular weight excluding hydrogens is 241 g/mol. The van der Waals surface area contributed by atoms with Crippen LogP contribution in [0.5, 0.6) is 0 Å². The summed E-state index contributed by atoms with van der Waals surface area (Å²) in [5.74, 6) is 0.702. The van der Waals surface area contributed by atoms with Crippen LogP contribution in [0, 0.1) is 5.92 Å². The van der Waals surface area contributed by atoms with E-state index < -0.39 is 7.12 Å². The molecule has 0 unspecified atom stereocenters. The van der Waals surface area contributed by atoms with Crippen molar-refractivity contribution in [2.45, 2.75) is 19.4 Å². The number of hydrogen-bond donors (Lipinski definition) is 2. The second-order valence-electron chi connectivity index (χ2n) is 5.29. The average Bonchev–Trinajstić information content (AvgIpc) is 2.42. The summed E-state index contributed by atoms with van der Waals surface area (Å²) in [5, 5.41) is 18.1. The summed E-state index contributed by atoms with van der Waals surface area (Å²) in [6, 6.07) is 7.49. The molecule has 104 valence electrons. The van der Waals surface area contributed by atoms with Crippen molar-refractivity contribution in [3.05, 3.63) is 29.8 Å². The SMILES string of the molecule is COCC1CCN(Cc2ccc(B(O)O)cc2)CC1. The minimum atomic E-state index is -1.38. The van der Waals surface area contributed by atoms with Gasteiger partial charge in [-0.1, -0.05) is 24.3 Å². The van der Waals surface area contributed by atoms with E-state index in [4.69, 9.17) is 14.8 Å². The lowest BCUT2D eigenvalue weighted by Gasteiger charge is -2.31. The Hall–Kier alpha value is -0.875. The molecule has 1 aliphatic heterocycles. The molecule has 1 fully saturated rings. The minimum Gasteiger partial charge on any atom is -0.423 e. The summed E-state index contributed by atoms with van der Waals surface area (Å²) in [5.41, 5.74) is 1.76. The molecular formula is C14H22BNO3. The summed E-state index contributed by atoms with van der Waals surface area (Å²) in [7, 11) is 0.391. The quantitative estimate of drug-likeness (QED) is 0.746. The summed E-state index contributed by atoms with van der Waals surface area (Å²) < 4.78 is 5.20. The van der Waals surface area contributed by atoms with E-state index in [2.05, 4.69) is 4.90 Å². The van der Waals surface area contributed by atoms with Gasteiger partial charge in [0.1, 0.15) is 0 Å². The fraction of sp³-hybridized carbons (Fsp3) is 0.571. The van der Waals surface area contributed by atoms with Crippen molar-refractivity contribution >= 4 is 12.6 Å². The molecule has 0 amide bonds. The van der Waals surface area contributed by atoms with Gasteiger partial charge in [-0.15, -0.1) is 0 Å². The van der Waals surface area contributed by atoms with Crippen molar-refractivity contribution in [3.8, 4) is 0 Å². The normalized spacial score (nSPS) is 17.6. The van der Waals surface area contributed by atoms with Crippen LogP contribution in [-0.4, -0.2) is 48.9 Å². The predicted molar refractivity (Wildman–Crippen MR) is 76.1 cm³/mol. The average molecular weight is 263 g/mol. The molecule has 0 spiro atoms. The van der Waals surface area contributed by atoms with Gasteiger partial charge in [0.25, 0.3) is 0 Å². The molecule has 0 atom stereocenters. The van der Waals surface area contributed by atoms with Crippen LogP contribution in [0.4, 0.5) is 0 Å². The lowest BCUT2D eigenvalue weighted by Crippen LogP contribution is -2.34. The zero-order chi connectivity index (χ0) is 13.7. The Kier molecular flexibility index (Phi) is 5.40. The number of benzene rings is 1. The highest BCUT2D eigenvalue weighted by Gasteiger charge is 2.19. The Morgan fingerprint density at radius 3 is 2.37 bits per heavy atom. The van der Waals surface area contributed by atoms with Crippen LogP contribution in [0.15, 0.2) is 24.3 Å². The van der Waals surface area contributed by atoms with E-state index in [9.17, 15) is 0 Å². The molecule has 0 bridgehead atoms. The van der Waals surface area contributed by atoms with E-state index in [0.29, 0.717) is 11.4 Å². The fourth-order valence-corrected chi connectivity index (χ4v) is 2.60. The van der Waals surface area contributed by atoms with E-state index in [-0.39, 0.29) is 0 Å². The molecule has 0 radical (unpaired) electrons. The van der Waals surface area contributed by atoms with Gasteiger partial charge in [-0.3, -0.25) is 4.90 Å². The Labute approximate surface area is 115 Å². The Bertz CT molecular complexity index is 375. The minimum absolute atomic E-state index is 0.544. The number of ether oxygens (including phenoxy) is 1. The van der Waals surface area contributed by atoms with Gasteiger partial charge < -0.3 is 14.8 Å². The van der Waals surface area contributed by atoms with E-state index in [0.717, 1.165) is 26.2 Å². The topological polar surface area (TPSA) is 52.9 Å². The largest absolute Gasteiger partial charge is 0.488 e. The summed E-state index contributed by atoms with van der Waals surface area (Å²) in [6.45, 7) is 4.02. The molecule has 1 heterocycles. The fourth-order valence-electron chi connectivity index (χ4n) is 2.60. The van der Waals surface area contributed by atoms with Crippen molar-refractivity contribution < 1.29 is 14.8 Å². The van der Waals surface area contributed by atoms with Gasteiger partial charge in [-0.25, -0.2) is 0 Å². The summed E-state index contributed by atoms with van der Waals surface area (Å²) in [4.78, 5) is 2.44. The van der Waals surface area contributed by atoms with E-state index in [1.54, 1.807) is 19.2 Å². The van der Waals surface area contributed by atoms with Crippen LogP contribution in [-0.2, 0) is 11.3 Å². The number of methoxy groups -OCH3 is 1. The predicted octanol–water partition coefficient (Wildman–Crippen LogP) is 0.225. The highest BCUT2D eigenvalue weighted by Crippen LogP contribution is 2.18. The first kappa shape index (κ1) is 14.5. The molecule has 1 aromatic carbocycles. The second-order valence-corrected chi connectivity index (χ2v) is 5.29. The van der Waals surface area contributed by atoms with E-state index >= 15 is 0 Å². The Balaban J connectivity index is 1.82. The summed E-state index contributed by atoms with van der Waals surface area (Å²) >= 11 is 0. The zero-order valence-corrected chi connectivity index (χ0v) is 11.5. The van der Waals surface area contributed by atoms with Crippen molar-refractivity contribution in [3.63, 3.8) is 0 Å². The van der Waals surface area contributed by atoms with Gasteiger partial charge in [-0.05, 0) is 42.9 Å². The molecule has 1 aromatic rings. The first-order valence-electron chi connectivity index (χ1n) is 6.85. The van der Waals surface area contributed by atoms with Gasteiger partial charge in [0, 0.05) is 20.3 Å². The molecule has 2 N–H and O–H groups in total. The van der Waals surface area contributed by atoms with E-state index in [1.807, 2.05) is 12.1 Å². The zero-order valence-electron chi connectivity index (χ0n) is 11.5. The third-order valence-corrected chi connectivity index (χ3v) is 3.79. The molecule has 5 heteroatoms. The molecule has 0 aliphatic carbocycles. The lowest BCUT2D eigenvalue weighted by atomic mass is 9.80. The third-order valence-electron chi connectivity index (χ3n) is 3.79. The van der Waals surface area contributed by atoms with Gasteiger partial charge in [-0.2, -0.15) is 0 Å². The van der Waals surface area contributed by atoms with Crippen molar-refractivity contribution in [2.24, 2.45) is 5.92 Å².